The van der Waals surface area contributed by atoms with Crippen molar-refractivity contribution in [1.82, 2.24) is 4.98 Å². The molecule has 1 aromatic carbocycles. The smallest absolute Gasteiger partial charge is 0.411 e. The summed E-state index contributed by atoms with van der Waals surface area (Å²) in [5, 5.41) is 2.38. The number of ether oxygens (including phenoxy) is 1. The minimum absolute atomic E-state index is 0.0531. The lowest BCUT2D eigenvalue weighted by Crippen LogP contribution is -2.12. The number of alkyl halides is 1. The zero-order valence-electron chi connectivity index (χ0n) is 14.3. The first kappa shape index (κ1) is 18.6. The first-order valence-corrected chi connectivity index (χ1v) is 9.37. The fourth-order valence-electron chi connectivity index (χ4n) is 3.15. The number of aromatic amines is 1. The average molecular weight is 423 g/mol. The molecule has 1 aliphatic rings. The molecule has 1 fully saturated rings. The molecule has 0 bridgehead atoms. The summed E-state index contributed by atoms with van der Waals surface area (Å²) in [6.07, 6.45) is 2.24. The zero-order chi connectivity index (χ0) is 18.7. The van der Waals surface area contributed by atoms with Crippen LogP contribution in [-0.2, 0) is 4.74 Å². The molecule has 138 valence electrons. The summed E-state index contributed by atoms with van der Waals surface area (Å²) in [5.41, 5.74) is 1.93. The van der Waals surface area contributed by atoms with Gasteiger partial charge in [-0.05, 0) is 48.9 Å². The number of hydrogen-bond donors (Lipinski definition) is 2. The van der Waals surface area contributed by atoms with Gasteiger partial charge in [0.05, 0.1) is 12.8 Å². The van der Waals surface area contributed by atoms with Gasteiger partial charge in [-0.3, -0.25) is 10.1 Å². The number of carbonyl (C=O) groups is 1. The maximum absolute atomic E-state index is 13.8. The zero-order valence-corrected chi connectivity index (χ0v) is 15.9. The normalized spacial score (nSPS) is 19.7. The van der Waals surface area contributed by atoms with Crippen LogP contribution in [0.3, 0.4) is 0 Å². The lowest BCUT2D eigenvalue weighted by molar-refractivity contribution is 0.187. The predicted octanol–water partition coefficient (Wildman–Crippen LogP) is 4.71. The second-order valence-corrected chi connectivity index (χ2v) is 7.58. The van der Waals surface area contributed by atoms with E-state index in [-0.39, 0.29) is 16.1 Å². The fourth-order valence-corrected chi connectivity index (χ4v) is 3.70. The number of pyridine rings is 1. The molecule has 0 aliphatic heterocycles. The maximum atomic E-state index is 13.8. The largest absolute Gasteiger partial charge is 0.453 e. The molecule has 1 aromatic heterocycles. The van der Waals surface area contributed by atoms with Gasteiger partial charge in [0.2, 0.25) is 5.56 Å². The van der Waals surface area contributed by atoms with Gasteiger partial charge in [-0.25, -0.2) is 9.18 Å². The number of halogens is 2. The second kappa shape index (κ2) is 8.03. The highest BCUT2D eigenvalue weighted by Crippen LogP contribution is 2.50. The van der Waals surface area contributed by atoms with Crippen molar-refractivity contribution >= 4 is 27.7 Å². The first-order valence-electron chi connectivity index (χ1n) is 8.45. The van der Waals surface area contributed by atoms with E-state index in [1.807, 2.05) is 6.07 Å². The van der Waals surface area contributed by atoms with E-state index < -0.39 is 11.9 Å². The third-order valence-corrected chi connectivity index (χ3v) is 5.66. The van der Waals surface area contributed by atoms with Crippen LogP contribution in [0.1, 0.15) is 41.3 Å². The summed E-state index contributed by atoms with van der Waals surface area (Å²) in [6.45, 7) is 0. The van der Waals surface area contributed by atoms with Gasteiger partial charge < -0.3 is 9.72 Å². The molecule has 2 N–H and O–H groups in total. The van der Waals surface area contributed by atoms with Crippen LogP contribution in [0.5, 0.6) is 0 Å². The molecule has 0 spiro atoms. The molecule has 0 saturated heterocycles. The molecule has 0 radical (unpaired) electrons. The monoisotopic (exact) mass is 422 g/mol. The van der Waals surface area contributed by atoms with E-state index in [0.29, 0.717) is 11.8 Å². The Kier molecular flexibility index (Phi) is 5.76. The van der Waals surface area contributed by atoms with E-state index in [1.165, 1.54) is 19.2 Å². The lowest BCUT2D eigenvalue weighted by Gasteiger charge is -2.13. The Balaban J connectivity index is 1.57. The van der Waals surface area contributed by atoms with Crippen molar-refractivity contribution in [2.24, 2.45) is 5.92 Å². The molecule has 1 amide bonds. The number of hydrogen-bond acceptors (Lipinski definition) is 3. The summed E-state index contributed by atoms with van der Waals surface area (Å²) in [6, 6.07) is 9.92. The highest BCUT2D eigenvalue weighted by Gasteiger charge is 2.38. The first-order chi connectivity index (χ1) is 12.5. The molecular formula is C19H20BrFN2O3. The van der Waals surface area contributed by atoms with E-state index in [9.17, 15) is 14.0 Å². The summed E-state index contributed by atoms with van der Waals surface area (Å²) in [7, 11) is 1.23. The summed E-state index contributed by atoms with van der Waals surface area (Å²) in [5.74, 6) is 0.448. The minimum atomic E-state index is -0.704. The Morgan fingerprint density at radius 3 is 2.96 bits per heavy atom. The van der Waals surface area contributed by atoms with Crippen molar-refractivity contribution in [2.75, 3.05) is 12.4 Å². The van der Waals surface area contributed by atoms with Crippen LogP contribution in [-0.4, -0.2) is 18.2 Å². The van der Waals surface area contributed by atoms with E-state index in [0.717, 1.165) is 30.5 Å². The van der Waals surface area contributed by atoms with Crippen molar-refractivity contribution in [1.29, 1.82) is 0 Å². The number of nitrogens with one attached hydrogen (secondary N) is 2. The summed E-state index contributed by atoms with van der Waals surface area (Å²) >= 11 is 3.65. The Bertz CT molecular complexity index is 855. The van der Waals surface area contributed by atoms with Gasteiger partial charge in [0.15, 0.2) is 0 Å². The third-order valence-electron chi connectivity index (χ3n) is 4.68. The Morgan fingerprint density at radius 1 is 1.42 bits per heavy atom. The molecule has 26 heavy (non-hydrogen) atoms. The van der Waals surface area contributed by atoms with Crippen LogP contribution >= 0.6 is 15.9 Å². The standard InChI is InChI=1S/C19H20BrFN2O3/c1-26-19(25)23-17-10-12(6-8-15(17)21)14(20)7-5-11-9-13(11)16-3-2-4-18(24)22-16/h2-4,6,8,10-11,13-14H,5,7,9H2,1H3,(H,22,24)(H,23,25). The van der Waals surface area contributed by atoms with Crippen molar-refractivity contribution in [3.63, 3.8) is 0 Å². The molecule has 3 rings (SSSR count). The molecule has 7 heteroatoms. The van der Waals surface area contributed by atoms with Gasteiger partial charge in [0, 0.05) is 22.5 Å². The maximum Gasteiger partial charge on any atom is 0.411 e. The minimum Gasteiger partial charge on any atom is -0.453 e. The van der Waals surface area contributed by atoms with Crippen molar-refractivity contribution in [2.45, 2.75) is 30.0 Å². The van der Waals surface area contributed by atoms with Crippen molar-refractivity contribution in [3.05, 3.63) is 63.8 Å². The average Bonchev–Trinajstić information content (AvgIpc) is 3.41. The molecule has 5 nitrogen and oxygen atoms in total. The number of H-pyrrole nitrogens is 1. The van der Waals surface area contributed by atoms with Crippen LogP contribution in [0.25, 0.3) is 0 Å². The Hall–Kier alpha value is -2.15. The number of anilines is 1. The van der Waals surface area contributed by atoms with Gasteiger partial charge in [-0.2, -0.15) is 0 Å². The molecule has 1 heterocycles. The number of carbonyl (C=O) groups excluding carboxylic acids is 1. The highest BCUT2D eigenvalue weighted by molar-refractivity contribution is 9.09. The molecule has 3 unspecified atom stereocenters. The molecular weight excluding hydrogens is 403 g/mol. The van der Waals surface area contributed by atoms with E-state index in [4.69, 9.17) is 0 Å². The molecule has 1 saturated carbocycles. The van der Waals surface area contributed by atoms with Gasteiger partial charge in [0.1, 0.15) is 5.82 Å². The second-order valence-electron chi connectivity index (χ2n) is 6.47. The van der Waals surface area contributed by atoms with Crippen molar-refractivity contribution < 1.29 is 13.9 Å². The number of methoxy groups -OCH3 is 1. The predicted molar refractivity (Wildman–Crippen MR) is 101 cm³/mol. The number of amides is 1. The van der Waals surface area contributed by atoms with Crippen LogP contribution in [0.2, 0.25) is 0 Å². The Morgan fingerprint density at radius 2 is 2.23 bits per heavy atom. The summed E-state index contributed by atoms with van der Waals surface area (Å²) < 4.78 is 18.3. The quantitative estimate of drug-likeness (QED) is 0.661. The van der Waals surface area contributed by atoms with Gasteiger partial charge in [-0.1, -0.05) is 28.1 Å². The van der Waals surface area contributed by atoms with E-state index in [2.05, 4.69) is 31.0 Å². The SMILES string of the molecule is COC(=O)Nc1cc(C(Br)CCC2CC2c2cccc(=O)[nH]2)ccc1F. The Labute approximate surface area is 159 Å². The van der Waals surface area contributed by atoms with E-state index >= 15 is 0 Å². The molecule has 1 aliphatic carbocycles. The molecule has 3 atom stereocenters. The van der Waals surface area contributed by atoms with Crippen LogP contribution in [0.15, 0.2) is 41.2 Å². The number of benzene rings is 1. The van der Waals surface area contributed by atoms with Gasteiger partial charge >= 0.3 is 6.09 Å². The topological polar surface area (TPSA) is 71.2 Å². The van der Waals surface area contributed by atoms with Gasteiger partial charge in [-0.15, -0.1) is 0 Å². The molecule has 2 aromatic rings. The van der Waals surface area contributed by atoms with Crippen LogP contribution < -0.4 is 10.9 Å². The van der Waals surface area contributed by atoms with Crippen LogP contribution in [0.4, 0.5) is 14.9 Å². The third kappa shape index (κ3) is 4.52. The summed E-state index contributed by atoms with van der Waals surface area (Å²) in [4.78, 5) is 25.6. The van der Waals surface area contributed by atoms with Gasteiger partial charge in [0.25, 0.3) is 0 Å². The number of aromatic nitrogens is 1. The lowest BCUT2D eigenvalue weighted by atomic mass is 10.0. The highest BCUT2D eigenvalue weighted by atomic mass is 79.9. The van der Waals surface area contributed by atoms with E-state index in [1.54, 1.807) is 18.2 Å². The van der Waals surface area contributed by atoms with Crippen molar-refractivity contribution in [3.8, 4) is 0 Å². The number of rotatable bonds is 6. The fraction of sp³-hybridized carbons (Fsp3) is 0.368. The van der Waals surface area contributed by atoms with Crippen LogP contribution in [0, 0.1) is 11.7 Å².